The monoisotopic (exact) mass is 790 g/mol. The molecular weight excluding hydrogens is 687 g/mol. The topological polar surface area (TPSA) is 69.6 Å². The molecule has 0 heterocycles. The van der Waals surface area contributed by atoms with Crippen LogP contribution >= 0.6 is 0 Å². The molecule has 0 aliphatic heterocycles. The molecule has 0 saturated carbocycles. The average molecular weight is 790 g/mol. The Kier molecular flexibility index (Phi) is 47.7. The Morgan fingerprint density at radius 3 is 0.929 bits per heavy atom. The molecule has 0 saturated heterocycles. The van der Waals surface area contributed by atoms with Crippen LogP contribution in [0.5, 0.6) is 0 Å². The predicted molar refractivity (Wildman–Crippen MR) is 249 cm³/mol. The third-order valence-electron chi connectivity index (χ3n) is 12.3. The highest BCUT2D eigenvalue weighted by Crippen LogP contribution is 2.18. The minimum atomic E-state index is -0.832. The third kappa shape index (κ3) is 44.2. The predicted octanol–water partition coefficient (Wildman–Crippen LogP) is 16.6. The van der Waals surface area contributed by atoms with Gasteiger partial charge in [0.15, 0.2) is 0 Å². The summed E-state index contributed by atoms with van der Waals surface area (Å²) in [4.78, 5) is 12.4. The van der Waals surface area contributed by atoms with Crippen molar-refractivity contribution in [3.8, 4) is 0 Å². The van der Waals surface area contributed by atoms with Gasteiger partial charge >= 0.3 is 0 Å². The molecule has 334 valence electrons. The molecule has 3 N–H and O–H groups in total. The standard InChI is InChI=1S/C52H103NO3/c1-3-5-7-9-11-13-15-16-17-18-19-20-21-22-23-24-25-26-27-28-29-30-31-32-33-34-35-36-37-38-40-42-44-46-48-52(56)53-50(49-54)51(55)47-45-43-41-39-14-12-10-8-6-4-2/h45,47,50-51,54-55H,3-44,46,48-49H2,1-2H3,(H,53,56)/b47-45+. The molecule has 0 rings (SSSR count). The van der Waals surface area contributed by atoms with E-state index in [4.69, 9.17) is 0 Å². The first-order valence-corrected chi connectivity index (χ1v) is 25.9. The molecule has 4 nitrogen and oxygen atoms in total. The van der Waals surface area contributed by atoms with E-state index in [1.807, 2.05) is 6.08 Å². The lowest BCUT2D eigenvalue weighted by atomic mass is 10.0. The molecule has 0 bridgehead atoms. The van der Waals surface area contributed by atoms with Gasteiger partial charge in [-0.15, -0.1) is 0 Å². The number of allylic oxidation sites excluding steroid dienone is 1. The normalized spacial score (nSPS) is 12.9. The van der Waals surface area contributed by atoms with E-state index < -0.39 is 12.1 Å². The van der Waals surface area contributed by atoms with E-state index in [1.165, 1.54) is 250 Å². The minimum absolute atomic E-state index is 0.0598. The number of amides is 1. The summed E-state index contributed by atoms with van der Waals surface area (Å²) in [7, 11) is 0. The van der Waals surface area contributed by atoms with Gasteiger partial charge in [-0.25, -0.2) is 0 Å². The lowest BCUT2D eigenvalue weighted by Gasteiger charge is -2.20. The minimum Gasteiger partial charge on any atom is -0.394 e. The number of nitrogens with one attached hydrogen (secondary N) is 1. The van der Waals surface area contributed by atoms with Gasteiger partial charge in [-0.05, 0) is 19.3 Å². The van der Waals surface area contributed by atoms with Crippen LogP contribution in [0.1, 0.15) is 296 Å². The zero-order valence-corrected chi connectivity index (χ0v) is 38.4. The quantitative estimate of drug-likeness (QED) is 0.0425. The maximum Gasteiger partial charge on any atom is 0.220 e. The molecule has 0 spiro atoms. The van der Waals surface area contributed by atoms with Crippen LogP contribution in [0, 0.1) is 0 Å². The number of aliphatic hydroxyl groups excluding tert-OH is 2. The van der Waals surface area contributed by atoms with Gasteiger partial charge in [0, 0.05) is 6.42 Å². The molecule has 0 aromatic carbocycles. The fraction of sp³-hybridized carbons (Fsp3) is 0.942. The van der Waals surface area contributed by atoms with Gasteiger partial charge < -0.3 is 15.5 Å². The lowest BCUT2D eigenvalue weighted by molar-refractivity contribution is -0.123. The summed E-state index contributed by atoms with van der Waals surface area (Å²) in [6.07, 6.45) is 62.4. The molecule has 2 atom stereocenters. The van der Waals surface area contributed by atoms with E-state index in [1.54, 1.807) is 6.08 Å². The highest BCUT2D eigenvalue weighted by Gasteiger charge is 2.18. The Labute approximate surface area is 352 Å². The van der Waals surface area contributed by atoms with Gasteiger partial charge in [-0.1, -0.05) is 283 Å². The second-order valence-electron chi connectivity index (χ2n) is 18.0. The second kappa shape index (κ2) is 48.5. The van der Waals surface area contributed by atoms with Gasteiger partial charge in [0.1, 0.15) is 0 Å². The number of carbonyl (C=O) groups excluding carboxylic acids is 1. The zero-order valence-electron chi connectivity index (χ0n) is 38.4. The first-order chi connectivity index (χ1) is 27.7. The summed E-state index contributed by atoms with van der Waals surface area (Å²) < 4.78 is 0. The first kappa shape index (κ1) is 55.1. The Morgan fingerprint density at radius 1 is 0.411 bits per heavy atom. The van der Waals surface area contributed by atoms with Crippen molar-refractivity contribution in [2.75, 3.05) is 6.61 Å². The molecule has 0 fully saturated rings. The van der Waals surface area contributed by atoms with Crippen LogP contribution in [-0.4, -0.2) is 34.9 Å². The van der Waals surface area contributed by atoms with Crippen molar-refractivity contribution in [3.63, 3.8) is 0 Å². The highest BCUT2D eigenvalue weighted by molar-refractivity contribution is 5.76. The summed E-state index contributed by atoms with van der Waals surface area (Å²) in [6, 6.07) is -0.615. The maximum absolute atomic E-state index is 12.4. The van der Waals surface area contributed by atoms with Crippen LogP contribution in [0.4, 0.5) is 0 Å². The number of carbonyl (C=O) groups is 1. The largest absolute Gasteiger partial charge is 0.394 e. The number of hydrogen-bond acceptors (Lipinski definition) is 3. The smallest absolute Gasteiger partial charge is 0.220 e. The van der Waals surface area contributed by atoms with Gasteiger partial charge in [-0.2, -0.15) is 0 Å². The fourth-order valence-corrected chi connectivity index (χ4v) is 8.30. The molecule has 0 aliphatic rings. The van der Waals surface area contributed by atoms with Crippen LogP contribution in [0.15, 0.2) is 12.2 Å². The van der Waals surface area contributed by atoms with Crippen molar-refractivity contribution in [2.24, 2.45) is 0 Å². The second-order valence-corrected chi connectivity index (χ2v) is 18.0. The van der Waals surface area contributed by atoms with E-state index >= 15 is 0 Å². The van der Waals surface area contributed by atoms with E-state index in [2.05, 4.69) is 19.2 Å². The van der Waals surface area contributed by atoms with Crippen molar-refractivity contribution in [1.82, 2.24) is 5.32 Å². The number of aliphatic hydroxyl groups is 2. The Balaban J connectivity index is 3.34. The third-order valence-corrected chi connectivity index (χ3v) is 12.3. The molecule has 0 radical (unpaired) electrons. The van der Waals surface area contributed by atoms with Crippen molar-refractivity contribution in [2.45, 2.75) is 309 Å². The van der Waals surface area contributed by atoms with Gasteiger partial charge in [0.2, 0.25) is 5.91 Å². The average Bonchev–Trinajstić information content (AvgIpc) is 3.20. The zero-order chi connectivity index (χ0) is 40.7. The molecule has 0 aromatic heterocycles. The van der Waals surface area contributed by atoms with Crippen LogP contribution in [0.3, 0.4) is 0 Å². The molecule has 56 heavy (non-hydrogen) atoms. The van der Waals surface area contributed by atoms with Crippen molar-refractivity contribution >= 4 is 5.91 Å². The fourth-order valence-electron chi connectivity index (χ4n) is 8.30. The Morgan fingerprint density at radius 2 is 0.661 bits per heavy atom. The molecule has 1 amide bonds. The Bertz CT molecular complexity index is 769. The van der Waals surface area contributed by atoms with Crippen molar-refractivity contribution in [3.05, 3.63) is 12.2 Å². The number of rotatable bonds is 48. The van der Waals surface area contributed by atoms with Gasteiger partial charge in [0.05, 0.1) is 18.8 Å². The summed E-state index contributed by atoms with van der Waals surface area (Å²) in [5, 5.41) is 22.9. The lowest BCUT2D eigenvalue weighted by Crippen LogP contribution is -2.45. The Hall–Kier alpha value is -0.870. The summed E-state index contributed by atoms with van der Waals surface area (Å²) in [5.74, 6) is -0.0598. The number of hydrogen-bond donors (Lipinski definition) is 3. The molecule has 0 aliphatic carbocycles. The van der Waals surface area contributed by atoms with E-state index in [-0.39, 0.29) is 12.5 Å². The van der Waals surface area contributed by atoms with Gasteiger partial charge in [0.25, 0.3) is 0 Å². The summed E-state index contributed by atoms with van der Waals surface area (Å²) in [5.41, 5.74) is 0. The molecule has 4 heteroatoms. The SMILES string of the molecule is CCCCCCCCCC/C=C/C(O)C(CO)NC(=O)CCCCCCCCCCCCCCCCCCCCCCCCCCCCCCCCCCCC. The van der Waals surface area contributed by atoms with E-state index in [0.29, 0.717) is 6.42 Å². The van der Waals surface area contributed by atoms with Crippen molar-refractivity contribution < 1.29 is 15.0 Å². The van der Waals surface area contributed by atoms with Crippen LogP contribution in [0.25, 0.3) is 0 Å². The number of unbranched alkanes of at least 4 members (excludes halogenated alkanes) is 41. The first-order valence-electron chi connectivity index (χ1n) is 25.9. The highest BCUT2D eigenvalue weighted by atomic mass is 16.3. The van der Waals surface area contributed by atoms with Crippen LogP contribution < -0.4 is 5.32 Å². The molecule has 2 unspecified atom stereocenters. The summed E-state index contributed by atoms with van der Waals surface area (Å²) in [6.45, 7) is 4.31. The van der Waals surface area contributed by atoms with Crippen molar-refractivity contribution in [1.29, 1.82) is 0 Å². The van der Waals surface area contributed by atoms with Crippen LogP contribution in [-0.2, 0) is 4.79 Å². The summed E-state index contributed by atoms with van der Waals surface area (Å²) >= 11 is 0. The van der Waals surface area contributed by atoms with Gasteiger partial charge in [-0.3, -0.25) is 4.79 Å². The van der Waals surface area contributed by atoms with Crippen LogP contribution in [0.2, 0.25) is 0 Å². The molecule has 0 aromatic rings. The maximum atomic E-state index is 12.4. The molecular formula is C52H103NO3. The van der Waals surface area contributed by atoms with E-state index in [0.717, 1.165) is 25.7 Å². The van der Waals surface area contributed by atoms with E-state index in [9.17, 15) is 15.0 Å².